The number of halogens is 1. The van der Waals surface area contributed by atoms with E-state index in [-0.39, 0.29) is 5.56 Å². The van der Waals surface area contributed by atoms with Crippen molar-refractivity contribution in [1.29, 1.82) is 0 Å². The number of benzene rings is 1. The lowest BCUT2D eigenvalue weighted by Gasteiger charge is -2.06. The van der Waals surface area contributed by atoms with Crippen molar-refractivity contribution >= 4 is 11.6 Å². The Morgan fingerprint density at radius 2 is 1.90 bits per heavy atom. The van der Waals surface area contributed by atoms with Crippen LogP contribution in [-0.4, -0.2) is 9.97 Å². The molecular formula is C16H19ClN2O. The molecule has 0 fully saturated rings. The van der Waals surface area contributed by atoms with Gasteiger partial charge in [-0.1, -0.05) is 55.3 Å². The van der Waals surface area contributed by atoms with Crippen molar-refractivity contribution in [3.05, 3.63) is 62.8 Å². The van der Waals surface area contributed by atoms with Crippen LogP contribution >= 0.6 is 11.6 Å². The van der Waals surface area contributed by atoms with E-state index < -0.39 is 0 Å². The van der Waals surface area contributed by atoms with Gasteiger partial charge in [0.1, 0.15) is 11.0 Å². The van der Waals surface area contributed by atoms with Crippen LogP contribution in [0.1, 0.15) is 36.7 Å². The number of nitrogens with zero attached hydrogens (tertiary/aromatic N) is 1. The Kier molecular flexibility index (Phi) is 5.36. The zero-order valence-electron chi connectivity index (χ0n) is 11.7. The number of hydrogen-bond acceptors (Lipinski definition) is 2. The van der Waals surface area contributed by atoms with Crippen LogP contribution in [0, 0.1) is 0 Å². The van der Waals surface area contributed by atoms with Gasteiger partial charge in [0, 0.05) is 6.42 Å². The summed E-state index contributed by atoms with van der Waals surface area (Å²) in [6.45, 7) is 2.11. The Bertz CT molecular complexity index is 608. The molecule has 0 amide bonds. The molecule has 0 unspecified atom stereocenters. The van der Waals surface area contributed by atoms with Crippen molar-refractivity contribution in [1.82, 2.24) is 9.97 Å². The molecule has 0 aliphatic rings. The second-order valence-corrected chi connectivity index (χ2v) is 5.23. The summed E-state index contributed by atoms with van der Waals surface area (Å²) in [5.41, 5.74) is 1.67. The minimum atomic E-state index is -0.105. The van der Waals surface area contributed by atoms with Gasteiger partial charge < -0.3 is 4.98 Å². The Morgan fingerprint density at radius 3 is 2.55 bits per heavy atom. The third kappa shape index (κ3) is 3.94. The summed E-state index contributed by atoms with van der Waals surface area (Å²) in [5, 5.41) is 0.343. The zero-order valence-corrected chi connectivity index (χ0v) is 12.4. The van der Waals surface area contributed by atoms with Gasteiger partial charge in [0.05, 0.1) is 5.56 Å². The van der Waals surface area contributed by atoms with Crippen molar-refractivity contribution in [2.45, 2.75) is 39.0 Å². The van der Waals surface area contributed by atoms with Gasteiger partial charge in [-0.25, -0.2) is 4.98 Å². The van der Waals surface area contributed by atoms with Gasteiger partial charge in [0.25, 0.3) is 5.56 Å². The number of aromatic amines is 1. The molecule has 20 heavy (non-hydrogen) atoms. The lowest BCUT2D eigenvalue weighted by Crippen LogP contribution is -2.18. The van der Waals surface area contributed by atoms with E-state index in [0.717, 1.165) is 25.7 Å². The van der Waals surface area contributed by atoms with E-state index in [1.807, 2.05) is 30.3 Å². The Morgan fingerprint density at radius 1 is 1.15 bits per heavy atom. The molecule has 2 rings (SSSR count). The molecule has 4 heteroatoms. The minimum absolute atomic E-state index is 0.105. The van der Waals surface area contributed by atoms with E-state index in [1.54, 1.807) is 0 Å². The van der Waals surface area contributed by atoms with E-state index in [9.17, 15) is 4.79 Å². The molecule has 1 aromatic carbocycles. The number of hydrogen-bond donors (Lipinski definition) is 1. The van der Waals surface area contributed by atoms with Gasteiger partial charge in [-0.15, -0.1) is 0 Å². The highest BCUT2D eigenvalue weighted by Gasteiger charge is 2.09. The highest BCUT2D eigenvalue weighted by atomic mass is 35.5. The lowest BCUT2D eigenvalue weighted by molar-refractivity contribution is 0.741. The molecule has 106 valence electrons. The molecule has 1 N–H and O–H groups in total. The molecule has 2 aromatic rings. The fourth-order valence-corrected chi connectivity index (χ4v) is 2.39. The molecule has 3 nitrogen and oxygen atoms in total. The van der Waals surface area contributed by atoms with E-state index in [1.165, 1.54) is 5.56 Å². The lowest BCUT2D eigenvalue weighted by atomic mass is 10.1. The number of nitrogens with one attached hydrogen (secondary N) is 1. The molecule has 1 aromatic heterocycles. The smallest absolute Gasteiger partial charge is 0.255 e. The summed E-state index contributed by atoms with van der Waals surface area (Å²) in [6.07, 6.45) is 4.24. The number of rotatable bonds is 6. The predicted molar refractivity (Wildman–Crippen MR) is 82.3 cm³/mol. The van der Waals surface area contributed by atoms with Crippen LogP contribution in [0.3, 0.4) is 0 Å². The summed E-state index contributed by atoms with van der Waals surface area (Å²) < 4.78 is 0. The van der Waals surface area contributed by atoms with Crippen molar-refractivity contribution in [2.24, 2.45) is 0 Å². The molecule has 0 spiro atoms. The SMILES string of the molecule is CCCCc1nc(Cl)c(CCc2ccccc2)c(=O)[nH]1. The van der Waals surface area contributed by atoms with Crippen molar-refractivity contribution in [3.8, 4) is 0 Å². The molecule has 1 heterocycles. The van der Waals surface area contributed by atoms with E-state index in [2.05, 4.69) is 16.9 Å². The maximum atomic E-state index is 12.1. The topological polar surface area (TPSA) is 45.8 Å². The summed E-state index contributed by atoms with van der Waals surface area (Å²) in [7, 11) is 0. The third-order valence-electron chi connectivity index (χ3n) is 3.29. The average Bonchev–Trinajstić information content (AvgIpc) is 2.45. The predicted octanol–water partition coefficient (Wildman–Crippen LogP) is 3.55. The number of H-pyrrole nitrogens is 1. The molecule has 0 aliphatic carbocycles. The van der Waals surface area contributed by atoms with Crippen LogP contribution in [0.4, 0.5) is 0 Å². The standard InChI is InChI=1S/C16H19ClN2O/c1-2-3-9-14-18-15(17)13(16(20)19-14)11-10-12-7-5-4-6-8-12/h4-8H,2-3,9-11H2,1H3,(H,18,19,20). The van der Waals surface area contributed by atoms with Gasteiger partial charge in [0.2, 0.25) is 0 Å². The second-order valence-electron chi connectivity index (χ2n) is 4.87. The molecule has 0 aliphatic heterocycles. The fraction of sp³-hybridized carbons (Fsp3) is 0.375. The van der Waals surface area contributed by atoms with Crippen LogP contribution in [0.5, 0.6) is 0 Å². The van der Waals surface area contributed by atoms with Crippen molar-refractivity contribution in [3.63, 3.8) is 0 Å². The highest BCUT2D eigenvalue weighted by molar-refractivity contribution is 6.30. The monoisotopic (exact) mass is 290 g/mol. The summed E-state index contributed by atoms with van der Waals surface area (Å²) >= 11 is 6.15. The molecule has 0 saturated heterocycles. The summed E-state index contributed by atoms with van der Waals surface area (Å²) in [5.74, 6) is 0.685. The van der Waals surface area contributed by atoms with Crippen molar-refractivity contribution < 1.29 is 0 Å². The zero-order chi connectivity index (χ0) is 14.4. The number of unbranched alkanes of at least 4 members (excludes halogenated alkanes) is 1. The Hall–Kier alpha value is -1.61. The number of aryl methyl sites for hydroxylation is 2. The fourth-order valence-electron chi connectivity index (χ4n) is 2.11. The van der Waals surface area contributed by atoms with Crippen LogP contribution in [0.15, 0.2) is 35.1 Å². The Labute approximate surface area is 124 Å². The highest BCUT2D eigenvalue weighted by Crippen LogP contribution is 2.12. The van der Waals surface area contributed by atoms with E-state index in [0.29, 0.717) is 23.0 Å². The molecule has 0 radical (unpaired) electrons. The van der Waals surface area contributed by atoms with Crippen LogP contribution in [-0.2, 0) is 19.3 Å². The third-order valence-corrected chi connectivity index (χ3v) is 3.60. The first-order valence-corrected chi connectivity index (χ1v) is 7.40. The largest absolute Gasteiger partial charge is 0.310 e. The Balaban J connectivity index is 2.10. The van der Waals surface area contributed by atoms with Gasteiger partial charge in [-0.3, -0.25) is 4.79 Å². The average molecular weight is 291 g/mol. The van der Waals surface area contributed by atoms with Crippen LogP contribution < -0.4 is 5.56 Å². The first kappa shape index (κ1) is 14.8. The second kappa shape index (κ2) is 7.25. The molecule has 0 saturated carbocycles. The molecular weight excluding hydrogens is 272 g/mol. The van der Waals surface area contributed by atoms with Crippen molar-refractivity contribution in [2.75, 3.05) is 0 Å². The molecule has 0 bridgehead atoms. The molecule has 0 atom stereocenters. The maximum absolute atomic E-state index is 12.1. The van der Waals surface area contributed by atoms with E-state index >= 15 is 0 Å². The van der Waals surface area contributed by atoms with Gasteiger partial charge >= 0.3 is 0 Å². The number of aromatic nitrogens is 2. The van der Waals surface area contributed by atoms with Gasteiger partial charge in [-0.05, 0) is 24.8 Å². The summed E-state index contributed by atoms with van der Waals surface area (Å²) in [4.78, 5) is 19.2. The van der Waals surface area contributed by atoms with Gasteiger partial charge in [-0.2, -0.15) is 0 Å². The van der Waals surface area contributed by atoms with E-state index in [4.69, 9.17) is 11.6 Å². The first-order valence-electron chi connectivity index (χ1n) is 7.02. The quantitative estimate of drug-likeness (QED) is 0.827. The van der Waals surface area contributed by atoms with Crippen LogP contribution in [0.25, 0.3) is 0 Å². The summed E-state index contributed by atoms with van der Waals surface area (Å²) in [6, 6.07) is 10.1. The van der Waals surface area contributed by atoms with Crippen LogP contribution in [0.2, 0.25) is 5.15 Å². The van der Waals surface area contributed by atoms with Gasteiger partial charge in [0.15, 0.2) is 0 Å². The normalized spacial score (nSPS) is 10.7. The minimum Gasteiger partial charge on any atom is -0.310 e. The first-order chi connectivity index (χ1) is 9.70. The maximum Gasteiger partial charge on any atom is 0.255 e.